The summed E-state index contributed by atoms with van der Waals surface area (Å²) in [6.07, 6.45) is 4.26. The Balaban J connectivity index is 1.54. The van der Waals surface area contributed by atoms with E-state index in [9.17, 15) is 12.8 Å². The second-order valence-corrected chi connectivity index (χ2v) is 11.5. The van der Waals surface area contributed by atoms with Crippen LogP contribution >= 0.6 is 0 Å². The molecule has 5 rings (SSSR count). The highest BCUT2D eigenvalue weighted by atomic mass is 32.2. The van der Waals surface area contributed by atoms with E-state index in [1.807, 2.05) is 0 Å². The van der Waals surface area contributed by atoms with Crippen molar-refractivity contribution in [3.8, 4) is 5.88 Å². The number of pyridine rings is 1. The van der Waals surface area contributed by atoms with E-state index < -0.39 is 50.1 Å². The molecule has 2 fully saturated rings. The van der Waals surface area contributed by atoms with E-state index in [4.69, 9.17) is 10.1 Å². The van der Waals surface area contributed by atoms with Gasteiger partial charge in [0.05, 0.1) is 30.1 Å². The first-order valence-corrected chi connectivity index (χ1v) is 13.2. The number of fused-ring (bicyclic) bond motifs is 1. The highest BCUT2D eigenvalue weighted by molar-refractivity contribution is 7.93. The number of methoxy groups -OCH3 is 1. The predicted octanol–water partition coefficient (Wildman–Crippen LogP) is 3.63. The minimum Gasteiger partial charge on any atom is -0.480 e. The molecule has 0 bridgehead atoms. The maximum Gasteiger partial charge on any atom is 0.232 e. The third-order valence-corrected chi connectivity index (χ3v) is 9.84. The first-order valence-electron chi connectivity index (χ1n) is 11.6. The molecule has 36 heavy (non-hydrogen) atoms. The van der Waals surface area contributed by atoms with Gasteiger partial charge >= 0.3 is 0 Å². The number of sulfone groups is 1. The zero-order chi connectivity index (χ0) is 25.7. The van der Waals surface area contributed by atoms with Gasteiger partial charge in [0.1, 0.15) is 23.8 Å². The predicted molar refractivity (Wildman–Crippen MR) is 132 cm³/mol. The van der Waals surface area contributed by atoms with E-state index in [1.54, 1.807) is 19.2 Å². The first kappa shape index (κ1) is 24.3. The van der Waals surface area contributed by atoms with Crippen LogP contribution in [-0.2, 0) is 15.4 Å². The van der Waals surface area contributed by atoms with Crippen molar-refractivity contribution in [2.75, 3.05) is 24.9 Å². The molecule has 1 aromatic carbocycles. The summed E-state index contributed by atoms with van der Waals surface area (Å²) in [7, 11) is -2.62. The number of aromatic nitrogens is 3. The highest BCUT2D eigenvalue weighted by Gasteiger charge is 2.63. The van der Waals surface area contributed by atoms with Crippen LogP contribution in [0, 0.1) is 17.1 Å². The Kier molecular flexibility index (Phi) is 5.81. The van der Waals surface area contributed by atoms with Crippen LogP contribution in [0.5, 0.6) is 5.88 Å². The normalized spacial score (nSPS) is 25.4. The monoisotopic (exact) mass is 516 g/mol. The van der Waals surface area contributed by atoms with Gasteiger partial charge in [0, 0.05) is 17.4 Å². The molecule has 1 aliphatic heterocycles. The van der Waals surface area contributed by atoms with Crippen LogP contribution in [-0.4, -0.2) is 53.5 Å². The number of amidine groups is 1. The second kappa shape index (κ2) is 8.61. The number of hydrogen-bond donors (Lipinski definition) is 3. The Bertz CT molecular complexity index is 1470. The van der Waals surface area contributed by atoms with Crippen LogP contribution < -0.4 is 15.4 Å². The van der Waals surface area contributed by atoms with E-state index in [-0.39, 0.29) is 12.0 Å². The molecule has 0 radical (unpaired) electrons. The number of alkyl halides is 1. The van der Waals surface area contributed by atoms with Crippen molar-refractivity contribution in [3.05, 3.63) is 48.0 Å². The number of hydrogen-bond acceptors (Lipinski definition) is 8. The molecule has 3 heterocycles. The topological polar surface area (TPSA) is 130 Å². The first-order chi connectivity index (χ1) is 17.2. The van der Waals surface area contributed by atoms with Crippen molar-refractivity contribution in [2.45, 2.75) is 36.5 Å². The molecule has 2 aromatic heterocycles. The average molecular weight is 517 g/mol. The van der Waals surface area contributed by atoms with Crippen molar-refractivity contribution >= 4 is 38.2 Å². The van der Waals surface area contributed by atoms with Gasteiger partial charge in [-0.1, -0.05) is 6.92 Å². The maximum absolute atomic E-state index is 15.2. The smallest absolute Gasteiger partial charge is 0.232 e. The number of anilines is 2. The maximum atomic E-state index is 15.2. The largest absolute Gasteiger partial charge is 0.480 e. The van der Waals surface area contributed by atoms with Crippen LogP contribution in [0.4, 0.5) is 20.3 Å². The quantitative estimate of drug-likeness (QED) is 0.434. The lowest BCUT2D eigenvalue weighted by Gasteiger charge is -2.47. The number of halogens is 2. The number of ether oxygens (including phenoxy) is 1. The summed E-state index contributed by atoms with van der Waals surface area (Å²) in [5.74, 6) is -1.27. The molecule has 1 saturated carbocycles. The fraction of sp³-hybridized carbons (Fsp3) is 0.417. The van der Waals surface area contributed by atoms with Crippen molar-refractivity contribution < 1.29 is 21.9 Å². The molecule has 0 amide bonds. The summed E-state index contributed by atoms with van der Waals surface area (Å²) >= 11 is 0. The Morgan fingerprint density at radius 1 is 1.28 bits per heavy atom. The minimum absolute atomic E-state index is 0.0690. The summed E-state index contributed by atoms with van der Waals surface area (Å²) in [4.78, 5) is 13.0. The van der Waals surface area contributed by atoms with Crippen molar-refractivity contribution in [2.24, 2.45) is 5.92 Å². The number of nitrogens with one attached hydrogen (secondary N) is 3. The Hall–Kier alpha value is -3.41. The van der Waals surface area contributed by atoms with E-state index in [2.05, 4.69) is 25.6 Å². The van der Waals surface area contributed by atoms with Gasteiger partial charge in [0.2, 0.25) is 5.88 Å². The standard InChI is InChI=1S/C24H26F2N6O3S/c1-3-23(13-36(33,34)24(12-25,14-4-5-14)22(27)32-23)16-10-15(6-7-17(16)26)30-21-20-18(8-9-28-21)31-19(35-2)11-29-20/h6-11,14H,3-5,12-13H2,1-2H3,(H2,27,32)(H,28,30)/t23-,24-/m0/s1. The van der Waals surface area contributed by atoms with E-state index >= 15 is 4.39 Å². The molecule has 2 aliphatic rings. The molecule has 2 atom stereocenters. The summed E-state index contributed by atoms with van der Waals surface area (Å²) in [5, 5.41) is 14.6. The van der Waals surface area contributed by atoms with Gasteiger partial charge in [-0.2, -0.15) is 0 Å². The van der Waals surface area contributed by atoms with Gasteiger partial charge in [-0.25, -0.2) is 32.2 Å². The summed E-state index contributed by atoms with van der Waals surface area (Å²) < 4.78 is 59.6. The Morgan fingerprint density at radius 2 is 2.06 bits per heavy atom. The van der Waals surface area contributed by atoms with Crippen LogP contribution in [0.25, 0.3) is 11.0 Å². The van der Waals surface area contributed by atoms with Crippen molar-refractivity contribution in [3.63, 3.8) is 0 Å². The van der Waals surface area contributed by atoms with Gasteiger partial charge in [-0.15, -0.1) is 0 Å². The van der Waals surface area contributed by atoms with Crippen LogP contribution in [0.3, 0.4) is 0 Å². The van der Waals surface area contributed by atoms with Gasteiger partial charge in [0.25, 0.3) is 0 Å². The van der Waals surface area contributed by atoms with Crippen molar-refractivity contribution in [1.29, 1.82) is 5.41 Å². The fourth-order valence-corrected chi connectivity index (χ4v) is 7.62. The molecular formula is C24H26F2N6O3S. The summed E-state index contributed by atoms with van der Waals surface area (Å²) in [5.41, 5.74) is 0.0821. The lowest BCUT2D eigenvalue weighted by atomic mass is 9.86. The van der Waals surface area contributed by atoms with Crippen LogP contribution in [0.2, 0.25) is 0 Å². The minimum atomic E-state index is -4.10. The lowest BCUT2D eigenvalue weighted by molar-refractivity contribution is 0.337. The van der Waals surface area contributed by atoms with E-state index in [0.29, 0.717) is 41.3 Å². The number of rotatable bonds is 7. The molecule has 3 N–H and O–H groups in total. The van der Waals surface area contributed by atoms with Gasteiger partial charge in [-0.05, 0) is 49.4 Å². The highest BCUT2D eigenvalue weighted by Crippen LogP contribution is 2.50. The molecule has 3 aromatic rings. The average Bonchev–Trinajstić information content (AvgIpc) is 3.70. The van der Waals surface area contributed by atoms with E-state index in [0.717, 1.165) is 0 Å². The molecule has 0 spiro atoms. The van der Waals surface area contributed by atoms with Crippen molar-refractivity contribution in [1.82, 2.24) is 20.3 Å². The molecule has 9 nitrogen and oxygen atoms in total. The number of benzene rings is 1. The Labute approximate surface area is 207 Å². The van der Waals surface area contributed by atoms with E-state index in [1.165, 1.54) is 31.5 Å². The summed E-state index contributed by atoms with van der Waals surface area (Å²) in [6, 6.07) is 5.90. The van der Waals surface area contributed by atoms with Gasteiger partial charge in [-0.3, -0.25) is 5.41 Å². The van der Waals surface area contributed by atoms with Crippen LogP contribution in [0.1, 0.15) is 31.7 Å². The molecule has 190 valence electrons. The molecule has 0 unspecified atom stereocenters. The summed E-state index contributed by atoms with van der Waals surface area (Å²) in [6.45, 7) is 0.540. The third-order valence-electron chi connectivity index (χ3n) is 7.21. The number of nitrogens with zero attached hydrogens (tertiary/aromatic N) is 3. The van der Waals surface area contributed by atoms with Gasteiger partial charge < -0.3 is 15.4 Å². The zero-order valence-corrected chi connectivity index (χ0v) is 20.6. The van der Waals surface area contributed by atoms with Gasteiger partial charge in [0.15, 0.2) is 20.4 Å². The second-order valence-electron chi connectivity index (χ2n) is 9.25. The lowest BCUT2D eigenvalue weighted by Crippen LogP contribution is -2.69. The molecular weight excluding hydrogens is 490 g/mol. The Morgan fingerprint density at radius 3 is 2.69 bits per heavy atom. The third kappa shape index (κ3) is 3.66. The zero-order valence-electron chi connectivity index (χ0n) is 19.8. The SMILES string of the molecule is CC[C@@]1(c2cc(Nc3nccc4nc(OC)cnc34)ccc2F)CS(=O)(=O)[C@@](CF)(C2CC2)C(=N)N1. The molecule has 12 heteroatoms. The fourth-order valence-electron chi connectivity index (χ4n) is 5.01. The molecule has 1 aliphatic carbocycles. The molecule has 1 saturated heterocycles. The van der Waals surface area contributed by atoms with Crippen LogP contribution in [0.15, 0.2) is 36.7 Å².